The summed E-state index contributed by atoms with van der Waals surface area (Å²) < 4.78 is 2.64. The summed E-state index contributed by atoms with van der Waals surface area (Å²) in [6, 6.07) is 0. The summed E-state index contributed by atoms with van der Waals surface area (Å²) in [6.07, 6.45) is 10.4. The van der Waals surface area contributed by atoms with E-state index >= 15 is 0 Å². The molecule has 1 aliphatic carbocycles. The Morgan fingerprint density at radius 3 is 1.85 bits per heavy atom. The molecule has 2 heterocycles. The zero-order valence-corrected chi connectivity index (χ0v) is 15.6. The van der Waals surface area contributed by atoms with E-state index in [0.29, 0.717) is 4.08 Å². The van der Waals surface area contributed by atoms with Crippen molar-refractivity contribution in [1.82, 2.24) is 9.97 Å². The average molecular weight is 379 g/mol. The maximum Gasteiger partial charge on any atom is 0.160 e. The van der Waals surface area contributed by atoms with E-state index in [9.17, 15) is 0 Å². The predicted octanol–water partition coefficient (Wildman–Crippen LogP) is 6.44. The molecule has 2 aromatic heterocycles. The third-order valence-corrected chi connectivity index (χ3v) is 12.4. The van der Waals surface area contributed by atoms with Gasteiger partial charge < -0.3 is 0 Å². The summed E-state index contributed by atoms with van der Waals surface area (Å²) >= 11 is 3.46. The van der Waals surface area contributed by atoms with Gasteiger partial charge in [0.1, 0.15) is 0 Å². The van der Waals surface area contributed by atoms with E-state index < -0.39 is 0 Å². The van der Waals surface area contributed by atoms with Crippen molar-refractivity contribution >= 4 is 65.8 Å². The molecule has 1 saturated carbocycles. The Bertz CT molecular complexity index is 452. The first kappa shape index (κ1) is 15.6. The second-order valence-electron chi connectivity index (χ2n) is 4.40. The molecule has 0 saturated heterocycles. The van der Waals surface area contributed by atoms with Crippen LogP contribution in [-0.2, 0) is 0 Å². The highest BCUT2D eigenvalue weighted by Crippen LogP contribution is 2.59. The lowest BCUT2D eigenvalue weighted by atomic mass is 10.00. The van der Waals surface area contributed by atoms with Crippen LogP contribution in [-0.4, -0.2) is 14.0 Å². The number of rotatable bonds is 6. The predicted molar refractivity (Wildman–Crippen MR) is 96.9 cm³/mol. The van der Waals surface area contributed by atoms with Crippen LogP contribution >= 0.6 is 65.8 Å². The molecule has 2 aromatic rings. The molecule has 0 unspecified atom stereocenters. The quantitative estimate of drug-likeness (QED) is 0.424. The summed E-state index contributed by atoms with van der Waals surface area (Å²) in [5.74, 6) is 0. The first-order valence-corrected chi connectivity index (χ1v) is 12.4. The average Bonchev–Trinajstić information content (AvgIpc) is 3.18. The maximum absolute atomic E-state index is 4.38. The van der Waals surface area contributed by atoms with E-state index in [0.717, 1.165) is 0 Å². The molecule has 0 radical (unpaired) electrons. The molecule has 20 heavy (non-hydrogen) atoms. The van der Waals surface area contributed by atoms with Gasteiger partial charge in [0.15, 0.2) is 8.68 Å². The number of hydrogen-bond acceptors (Lipinski definition) is 8. The molecule has 0 N–H and O–H groups in total. The standard InChI is InChI=1S/C12H14N2S6/c1-2-4-12(5-3-1,19-17-10-13-6-8-15-10)20-18-11-14-7-9-16-11/h6-9H,1-5H2. The van der Waals surface area contributed by atoms with E-state index in [4.69, 9.17) is 0 Å². The molecule has 0 atom stereocenters. The lowest BCUT2D eigenvalue weighted by Crippen LogP contribution is -2.21. The second-order valence-corrected chi connectivity index (χ2v) is 12.0. The van der Waals surface area contributed by atoms with Gasteiger partial charge in [-0.2, -0.15) is 0 Å². The van der Waals surface area contributed by atoms with Gasteiger partial charge in [0.05, 0.1) is 4.08 Å². The molecular weight excluding hydrogens is 365 g/mol. The minimum atomic E-state index is 0.310. The van der Waals surface area contributed by atoms with Crippen molar-refractivity contribution < 1.29 is 0 Å². The smallest absolute Gasteiger partial charge is 0.160 e. The van der Waals surface area contributed by atoms with Crippen LogP contribution in [0.15, 0.2) is 31.8 Å². The lowest BCUT2D eigenvalue weighted by molar-refractivity contribution is 0.494. The van der Waals surface area contributed by atoms with Crippen molar-refractivity contribution in [1.29, 1.82) is 0 Å². The fourth-order valence-electron chi connectivity index (χ4n) is 2.00. The minimum Gasteiger partial charge on any atom is -0.237 e. The molecule has 0 aromatic carbocycles. The van der Waals surface area contributed by atoms with Crippen molar-refractivity contribution in [3.8, 4) is 0 Å². The topological polar surface area (TPSA) is 25.8 Å². The van der Waals surface area contributed by atoms with Crippen LogP contribution in [0.3, 0.4) is 0 Å². The summed E-state index contributed by atoms with van der Waals surface area (Å²) in [5.41, 5.74) is 0. The Balaban J connectivity index is 1.61. The number of nitrogens with zero attached hydrogens (tertiary/aromatic N) is 2. The zero-order valence-electron chi connectivity index (χ0n) is 10.7. The van der Waals surface area contributed by atoms with Crippen LogP contribution in [0.5, 0.6) is 0 Å². The molecule has 108 valence electrons. The van der Waals surface area contributed by atoms with Crippen LogP contribution in [0.25, 0.3) is 0 Å². The molecule has 0 spiro atoms. The monoisotopic (exact) mass is 378 g/mol. The Kier molecular flexibility index (Phi) is 6.05. The van der Waals surface area contributed by atoms with E-state index in [-0.39, 0.29) is 0 Å². The molecule has 1 fully saturated rings. The molecular formula is C12H14N2S6. The SMILES string of the molecule is c1csc(SSC2(SSc3nccs3)CCCCC2)n1. The zero-order chi connectivity index (χ0) is 13.7. The third kappa shape index (κ3) is 4.33. The van der Waals surface area contributed by atoms with Crippen LogP contribution in [0.1, 0.15) is 32.1 Å². The fourth-order valence-corrected chi connectivity index (χ4v) is 10.6. The normalized spacial score (nSPS) is 18.2. The Labute approximate surface area is 143 Å². The van der Waals surface area contributed by atoms with E-state index in [1.807, 2.05) is 66.3 Å². The lowest BCUT2D eigenvalue weighted by Gasteiger charge is -2.34. The molecule has 0 aliphatic heterocycles. The highest BCUT2D eigenvalue weighted by Gasteiger charge is 2.35. The highest BCUT2D eigenvalue weighted by molar-refractivity contribution is 8.86. The molecule has 1 aliphatic rings. The Morgan fingerprint density at radius 1 is 0.850 bits per heavy atom. The van der Waals surface area contributed by atoms with Gasteiger partial charge in [0.2, 0.25) is 0 Å². The largest absolute Gasteiger partial charge is 0.237 e. The van der Waals surface area contributed by atoms with Crippen molar-refractivity contribution in [3.63, 3.8) is 0 Å². The van der Waals surface area contributed by atoms with Gasteiger partial charge in [-0.15, -0.1) is 22.7 Å². The van der Waals surface area contributed by atoms with Gasteiger partial charge in [-0.1, -0.05) is 40.9 Å². The van der Waals surface area contributed by atoms with Crippen LogP contribution in [0.4, 0.5) is 0 Å². The van der Waals surface area contributed by atoms with Crippen molar-refractivity contribution in [2.75, 3.05) is 0 Å². The molecule has 0 amide bonds. The van der Waals surface area contributed by atoms with E-state index in [1.165, 1.54) is 40.8 Å². The van der Waals surface area contributed by atoms with E-state index in [1.54, 1.807) is 22.7 Å². The van der Waals surface area contributed by atoms with Crippen LogP contribution < -0.4 is 0 Å². The van der Waals surface area contributed by atoms with Gasteiger partial charge >= 0.3 is 0 Å². The molecule has 2 nitrogen and oxygen atoms in total. The first-order chi connectivity index (χ1) is 9.86. The summed E-state index contributed by atoms with van der Waals surface area (Å²) in [6.45, 7) is 0. The van der Waals surface area contributed by atoms with Crippen LogP contribution in [0, 0.1) is 0 Å². The van der Waals surface area contributed by atoms with Crippen molar-refractivity contribution in [2.24, 2.45) is 0 Å². The van der Waals surface area contributed by atoms with E-state index in [2.05, 4.69) is 9.97 Å². The summed E-state index contributed by atoms with van der Waals surface area (Å²) in [5, 5.41) is 4.10. The van der Waals surface area contributed by atoms with Gasteiger partial charge in [-0.25, -0.2) is 9.97 Å². The third-order valence-electron chi connectivity index (χ3n) is 2.96. The number of thiazole rings is 2. The molecule has 3 rings (SSSR count). The maximum atomic E-state index is 4.38. The highest BCUT2D eigenvalue weighted by atomic mass is 33.1. The van der Waals surface area contributed by atoms with Gasteiger partial charge in [-0.05, 0) is 34.4 Å². The van der Waals surface area contributed by atoms with Gasteiger partial charge in [0.25, 0.3) is 0 Å². The Morgan fingerprint density at radius 2 is 1.40 bits per heavy atom. The Hall–Kier alpha value is 0.660. The number of hydrogen-bond donors (Lipinski definition) is 0. The van der Waals surface area contributed by atoms with Gasteiger partial charge in [-0.3, -0.25) is 0 Å². The van der Waals surface area contributed by atoms with Crippen LogP contribution in [0.2, 0.25) is 0 Å². The van der Waals surface area contributed by atoms with Crippen molar-refractivity contribution in [2.45, 2.75) is 44.9 Å². The van der Waals surface area contributed by atoms with Gasteiger partial charge in [0, 0.05) is 23.2 Å². The first-order valence-electron chi connectivity index (χ1n) is 6.37. The van der Waals surface area contributed by atoms with Crippen molar-refractivity contribution in [3.05, 3.63) is 23.2 Å². The minimum absolute atomic E-state index is 0.310. The number of aromatic nitrogens is 2. The molecule has 8 heteroatoms. The fraction of sp³-hybridized carbons (Fsp3) is 0.500. The molecule has 0 bridgehead atoms. The summed E-state index contributed by atoms with van der Waals surface area (Å²) in [4.78, 5) is 8.75. The second kappa shape index (κ2) is 7.78. The summed E-state index contributed by atoms with van der Waals surface area (Å²) in [7, 11) is 7.70.